The normalized spacial score (nSPS) is 19.6. The lowest BCUT2D eigenvalue weighted by Crippen LogP contribution is -2.07. The summed E-state index contributed by atoms with van der Waals surface area (Å²) in [4.78, 5) is 0. The molecule has 0 N–H and O–H groups in total. The number of allylic oxidation sites excluding steroid dienone is 10. The molecule has 0 fully saturated rings. The van der Waals surface area contributed by atoms with Crippen molar-refractivity contribution in [2.24, 2.45) is 5.92 Å². The molecule has 1 aromatic rings. The third-order valence-electron chi connectivity index (χ3n) is 6.07. The first-order valence-electron chi connectivity index (χ1n) is 10.4. The summed E-state index contributed by atoms with van der Waals surface area (Å²) in [6, 6.07) is 4.59. The summed E-state index contributed by atoms with van der Waals surface area (Å²) in [5, 5.41) is 0. The number of benzene rings is 1. The zero-order chi connectivity index (χ0) is 20.8. The molecule has 0 radical (unpaired) electrons. The maximum atomic E-state index is 4.35. The minimum Gasteiger partial charge on any atom is -0.0955 e. The van der Waals surface area contributed by atoms with Crippen LogP contribution >= 0.6 is 0 Å². The molecule has 1 unspecified atom stereocenters. The highest BCUT2D eigenvalue weighted by Gasteiger charge is 2.23. The third kappa shape index (κ3) is 4.93. The summed E-state index contributed by atoms with van der Waals surface area (Å²) in [6.07, 6.45) is 14.3. The largest absolute Gasteiger partial charge is 0.0955 e. The van der Waals surface area contributed by atoms with E-state index in [1.165, 1.54) is 39.8 Å². The van der Waals surface area contributed by atoms with Gasteiger partial charge in [-0.15, -0.1) is 0 Å². The minimum atomic E-state index is 0.581. The van der Waals surface area contributed by atoms with Crippen molar-refractivity contribution < 1.29 is 0 Å². The molecule has 0 aliphatic heterocycles. The Balaban J connectivity index is 2.55. The van der Waals surface area contributed by atoms with Gasteiger partial charge in [-0.05, 0) is 106 Å². The number of hydrogen-bond acceptors (Lipinski definition) is 0. The second-order valence-electron chi connectivity index (χ2n) is 8.09. The average Bonchev–Trinajstić information content (AvgIpc) is 2.83. The Labute approximate surface area is 172 Å². The summed E-state index contributed by atoms with van der Waals surface area (Å²) >= 11 is 0. The molecule has 1 aliphatic rings. The molecule has 0 amide bonds. The lowest BCUT2D eigenvalue weighted by molar-refractivity contribution is 0.574. The van der Waals surface area contributed by atoms with Crippen molar-refractivity contribution in [3.8, 4) is 0 Å². The van der Waals surface area contributed by atoms with E-state index >= 15 is 0 Å². The molecule has 0 saturated heterocycles. The van der Waals surface area contributed by atoms with E-state index in [9.17, 15) is 0 Å². The van der Waals surface area contributed by atoms with E-state index in [2.05, 4.69) is 97.2 Å². The molecule has 28 heavy (non-hydrogen) atoms. The fourth-order valence-electron chi connectivity index (χ4n) is 4.17. The van der Waals surface area contributed by atoms with Crippen molar-refractivity contribution in [2.45, 2.75) is 60.8 Å². The maximum absolute atomic E-state index is 4.35. The van der Waals surface area contributed by atoms with Crippen LogP contribution in [0.4, 0.5) is 0 Å². The van der Waals surface area contributed by atoms with Gasteiger partial charge in [-0.2, -0.15) is 0 Å². The molecule has 1 aromatic carbocycles. The van der Waals surface area contributed by atoms with Gasteiger partial charge in [-0.1, -0.05) is 66.8 Å². The molecule has 0 aromatic heterocycles. The van der Waals surface area contributed by atoms with Gasteiger partial charge in [0.2, 0.25) is 0 Å². The molecule has 0 heterocycles. The van der Waals surface area contributed by atoms with E-state index in [1.807, 2.05) is 0 Å². The Morgan fingerprint density at radius 2 is 1.82 bits per heavy atom. The lowest BCUT2D eigenvalue weighted by Gasteiger charge is -2.18. The van der Waals surface area contributed by atoms with Crippen molar-refractivity contribution in [3.63, 3.8) is 0 Å². The monoisotopic (exact) mass is 372 g/mol. The Morgan fingerprint density at radius 1 is 1.11 bits per heavy atom. The highest BCUT2D eigenvalue weighted by molar-refractivity contribution is 5.74. The van der Waals surface area contributed by atoms with E-state index in [4.69, 9.17) is 0 Å². The summed E-state index contributed by atoms with van der Waals surface area (Å²) < 4.78 is 0. The van der Waals surface area contributed by atoms with Crippen LogP contribution in [0.2, 0.25) is 0 Å². The van der Waals surface area contributed by atoms with E-state index in [1.54, 1.807) is 0 Å². The average molecular weight is 373 g/mol. The van der Waals surface area contributed by atoms with Crippen LogP contribution in [0.15, 0.2) is 78.0 Å². The van der Waals surface area contributed by atoms with E-state index in [-0.39, 0.29) is 0 Å². The second kappa shape index (κ2) is 9.73. The quantitative estimate of drug-likeness (QED) is 0.360. The Bertz CT molecular complexity index is 881. The number of rotatable bonds is 5. The standard InChI is InChI=1S/C28H36/c1-9-11-12-21(6)24-14-15-25(17-22(7)26(10-2)19(3)4)27-16-13-20(5)23(8)28(27)18-24/h9-13,16-17,24H,3,7,14-15,18H2,1-2,4-6,8H3/b11-9-,21-12+,25-17+,26-10-. The summed E-state index contributed by atoms with van der Waals surface area (Å²) in [5.41, 5.74) is 11.9. The molecule has 1 atom stereocenters. The topological polar surface area (TPSA) is 0 Å². The Hall–Kier alpha value is -2.34. The molecule has 0 spiro atoms. The van der Waals surface area contributed by atoms with Crippen molar-refractivity contribution >= 4 is 5.57 Å². The second-order valence-corrected chi connectivity index (χ2v) is 8.09. The van der Waals surface area contributed by atoms with E-state index < -0.39 is 0 Å². The van der Waals surface area contributed by atoms with Crippen LogP contribution < -0.4 is 0 Å². The van der Waals surface area contributed by atoms with Gasteiger partial charge in [-0.25, -0.2) is 0 Å². The van der Waals surface area contributed by atoms with Crippen LogP contribution in [0.25, 0.3) is 5.57 Å². The lowest BCUT2D eigenvalue weighted by atomic mass is 9.87. The molecular weight excluding hydrogens is 336 g/mol. The highest BCUT2D eigenvalue weighted by Crippen LogP contribution is 2.38. The highest BCUT2D eigenvalue weighted by atomic mass is 14.3. The van der Waals surface area contributed by atoms with Crippen molar-refractivity contribution in [2.75, 3.05) is 0 Å². The van der Waals surface area contributed by atoms with Gasteiger partial charge in [0, 0.05) is 0 Å². The van der Waals surface area contributed by atoms with E-state index in [0.29, 0.717) is 5.92 Å². The molecule has 0 nitrogen and oxygen atoms in total. The van der Waals surface area contributed by atoms with Crippen LogP contribution in [-0.4, -0.2) is 0 Å². The minimum absolute atomic E-state index is 0.581. The van der Waals surface area contributed by atoms with E-state index in [0.717, 1.165) is 29.6 Å². The zero-order valence-electron chi connectivity index (χ0n) is 18.7. The molecule has 0 saturated carbocycles. The van der Waals surface area contributed by atoms with Gasteiger partial charge in [0.1, 0.15) is 0 Å². The molecular formula is C28H36. The predicted molar refractivity (Wildman–Crippen MR) is 127 cm³/mol. The van der Waals surface area contributed by atoms with Gasteiger partial charge < -0.3 is 0 Å². The number of hydrogen-bond donors (Lipinski definition) is 0. The number of aryl methyl sites for hydroxylation is 1. The maximum Gasteiger partial charge on any atom is -0.0159 e. The van der Waals surface area contributed by atoms with Crippen molar-refractivity contribution in [1.29, 1.82) is 0 Å². The molecule has 1 aliphatic carbocycles. The zero-order valence-corrected chi connectivity index (χ0v) is 18.7. The molecule has 2 rings (SSSR count). The smallest absolute Gasteiger partial charge is 0.0159 e. The van der Waals surface area contributed by atoms with Gasteiger partial charge in [0.25, 0.3) is 0 Å². The van der Waals surface area contributed by atoms with Crippen LogP contribution in [0, 0.1) is 19.8 Å². The van der Waals surface area contributed by atoms with Gasteiger partial charge in [-0.3, -0.25) is 0 Å². The third-order valence-corrected chi connectivity index (χ3v) is 6.07. The summed E-state index contributed by atoms with van der Waals surface area (Å²) in [6.45, 7) is 21.4. The first kappa shape index (κ1) is 22.0. The molecule has 0 heteroatoms. The number of fused-ring (bicyclic) bond motifs is 1. The Kier molecular flexibility index (Phi) is 7.63. The fraction of sp³-hybridized carbons (Fsp3) is 0.357. The van der Waals surface area contributed by atoms with Crippen LogP contribution in [0.5, 0.6) is 0 Å². The van der Waals surface area contributed by atoms with Crippen LogP contribution in [0.3, 0.4) is 0 Å². The van der Waals surface area contributed by atoms with Gasteiger partial charge in [0.05, 0.1) is 0 Å². The van der Waals surface area contributed by atoms with Crippen LogP contribution in [0.1, 0.15) is 62.8 Å². The SMILES string of the molecule is C=C(C)/C(=C/C)C(=C)/C=C1\CCC(/C(C)=C/C=C\C)Cc2c1ccc(C)c2C. The summed E-state index contributed by atoms with van der Waals surface area (Å²) in [7, 11) is 0. The molecule has 0 bridgehead atoms. The van der Waals surface area contributed by atoms with Crippen molar-refractivity contribution in [3.05, 3.63) is 100 Å². The first-order valence-corrected chi connectivity index (χ1v) is 10.4. The van der Waals surface area contributed by atoms with Crippen LogP contribution in [-0.2, 0) is 6.42 Å². The van der Waals surface area contributed by atoms with Gasteiger partial charge >= 0.3 is 0 Å². The summed E-state index contributed by atoms with van der Waals surface area (Å²) in [5.74, 6) is 0.581. The van der Waals surface area contributed by atoms with Crippen molar-refractivity contribution in [1.82, 2.24) is 0 Å². The predicted octanol–water partition coefficient (Wildman–Crippen LogP) is 8.24. The first-order chi connectivity index (χ1) is 13.3. The fourth-order valence-corrected chi connectivity index (χ4v) is 4.17. The molecule has 148 valence electrons. The van der Waals surface area contributed by atoms with Gasteiger partial charge in [0.15, 0.2) is 0 Å². The Morgan fingerprint density at radius 3 is 2.43 bits per heavy atom.